The van der Waals surface area contributed by atoms with Crippen molar-refractivity contribution in [1.82, 2.24) is 35.2 Å². The number of nitrogens with zero attached hydrogens (tertiary/aromatic N) is 6. The fraction of sp³-hybridized carbons (Fsp3) is 0.424. The van der Waals surface area contributed by atoms with Crippen LogP contribution in [0.5, 0.6) is 5.88 Å². The molecule has 0 radical (unpaired) electrons. The molecule has 4 aromatic rings. The smallest absolute Gasteiger partial charge is 0.323 e. The average molecular weight is 726 g/mol. The molecule has 2 aliphatic heterocycles. The number of pyridine rings is 2. The molecule has 4 N–H and O–H groups in total. The Morgan fingerprint density at radius 3 is 2.64 bits per heavy atom. The second-order valence-electron chi connectivity index (χ2n) is 12.2. The van der Waals surface area contributed by atoms with Crippen molar-refractivity contribution < 1.29 is 23.9 Å². The highest BCUT2D eigenvalue weighted by molar-refractivity contribution is 6.31. The molecule has 2 fully saturated rings. The lowest BCUT2D eigenvalue weighted by Gasteiger charge is -2.33. The summed E-state index contributed by atoms with van der Waals surface area (Å²) in [5.74, 6) is 0.772. The SMILES string of the molecule is CO[C@@H](C)c1c(NC(=O)Nc2cc(Cl)cnc2OCCNCC2CCN(c3cc(C4CCC(=O)NC4=O)ccn3)CC2)cnc2cc(Cl)nn12. The van der Waals surface area contributed by atoms with E-state index < -0.39 is 12.1 Å². The normalized spacial score (nSPS) is 17.4. The summed E-state index contributed by atoms with van der Waals surface area (Å²) in [5, 5.41) is 16.3. The highest BCUT2D eigenvalue weighted by atomic mass is 35.5. The molecule has 0 saturated carbocycles. The van der Waals surface area contributed by atoms with Crippen LogP contribution in [0.4, 0.5) is 22.0 Å². The maximum atomic E-state index is 13.1. The Kier molecular flexibility index (Phi) is 11.3. The molecule has 4 aromatic heterocycles. The molecule has 2 saturated heterocycles. The van der Waals surface area contributed by atoms with Gasteiger partial charge in [0.15, 0.2) is 10.8 Å². The first-order chi connectivity index (χ1) is 24.2. The maximum Gasteiger partial charge on any atom is 0.323 e. The molecule has 2 aliphatic rings. The van der Waals surface area contributed by atoms with Gasteiger partial charge in [0.1, 0.15) is 18.1 Å². The molecule has 2 atom stereocenters. The molecule has 6 heterocycles. The number of fused-ring (bicyclic) bond motifs is 1. The van der Waals surface area contributed by atoms with Crippen LogP contribution < -0.4 is 30.9 Å². The Bertz CT molecular complexity index is 1870. The quantitative estimate of drug-likeness (QED) is 0.119. The lowest BCUT2D eigenvalue weighted by atomic mass is 9.91. The topological polar surface area (TPSA) is 177 Å². The van der Waals surface area contributed by atoms with Crippen LogP contribution in [0.3, 0.4) is 0 Å². The van der Waals surface area contributed by atoms with E-state index in [1.54, 1.807) is 25.4 Å². The van der Waals surface area contributed by atoms with Gasteiger partial charge in [-0.1, -0.05) is 23.2 Å². The molecule has 4 amide bonds. The third-order valence-electron chi connectivity index (χ3n) is 8.84. The number of nitrogens with one attached hydrogen (secondary N) is 4. The van der Waals surface area contributed by atoms with Crippen LogP contribution in [-0.4, -0.2) is 82.3 Å². The lowest BCUT2D eigenvalue weighted by Crippen LogP contribution is -2.40. The van der Waals surface area contributed by atoms with Gasteiger partial charge in [0.05, 0.1) is 34.6 Å². The van der Waals surface area contributed by atoms with E-state index >= 15 is 0 Å². The van der Waals surface area contributed by atoms with Crippen molar-refractivity contribution in [2.24, 2.45) is 5.92 Å². The molecule has 0 spiro atoms. The van der Waals surface area contributed by atoms with Gasteiger partial charge < -0.3 is 30.3 Å². The Morgan fingerprint density at radius 1 is 1.06 bits per heavy atom. The number of rotatable bonds is 12. The van der Waals surface area contributed by atoms with Gasteiger partial charge >= 0.3 is 6.03 Å². The zero-order valence-electron chi connectivity index (χ0n) is 27.6. The van der Waals surface area contributed by atoms with Gasteiger partial charge in [-0.25, -0.2) is 24.3 Å². The lowest BCUT2D eigenvalue weighted by molar-refractivity contribution is -0.134. The predicted molar refractivity (Wildman–Crippen MR) is 188 cm³/mol. The van der Waals surface area contributed by atoms with Crippen molar-refractivity contribution in [2.75, 3.05) is 55.4 Å². The molecular weight excluding hydrogens is 687 g/mol. The van der Waals surface area contributed by atoms with Crippen LogP contribution >= 0.6 is 23.2 Å². The number of piperidine rings is 2. The fourth-order valence-electron chi connectivity index (χ4n) is 6.16. The second-order valence-corrected chi connectivity index (χ2v) is 13.0. The van der Waals surface area contributed by atoms with Crippen LogP contribution in [-0.2, 0) is 14.3 Å². The molecule has 0 aliphatic carbocycles. The maximum absolute atomic E-state index is 13.1. The first-order valence-corrected chi connectivity index (χ1v) is 17.1. The highest BCUT2D eigenvalue weighted by Crippen LogP contribution is 2.30. The Labute approximate surface area is 298 Å². The van der Waals surface area contributed by atoms with Crippen LogP contribution in [0.1, 0.15) is 55.9 Å². The zero-order valence-corrected chi connectivity index (χ0v) is 29.1. The van der Waals surface area contributed by atoms with Crippen molar-refractivity contribution >= 4 is 63.9 Å². The van der Waals surface area contributed by atoms with E-state index in [1.807, 2.05) is 19.1 Å². The van der Waals surface area contributed by atoms with Crippen molar-refractivity contribution in [3.8, 4) is 5.88 Å². The van der Waals surface area contributed by atoms with Crippen LogP contribution in [0, 0.1) is 5.92 Å². The van der Waals surface area contributed by atoms with Crippen molar-refractivity contribution in [1.29, 1.82) is 0 Å². The van der Waals surface area contributed by atoms with Gasteiger partial charge in [0.25, 0.3) is 0 Å². The number of amides is 4. The van der Waals surface area contributed by atoms with E-state index in [0.29, 0.717) is 59.6 Å². The number of hydrogen-bond acceptors (Lipinski definition) is 11. The summed E-state index contributed by atoms with van der Waals surface area (Å²) >= 11 is 12.3. The number of imide groups is 1. The molecule has 0 bridgehead atoms. The summed E-state index contributed by atoms with van der Waals surface area (Å²) in [6.07, 6.45) is 7.11. The minimum atomic E-state index is -0.565. The van der Waals surface area contributed by atoms with Crippen molar-refractivity contribution in [2.45, 2.75) is 44.6 Å². The molecule has 0 aromatic carbocycles. The van der Waals surface area contributed by atoms with Gasteiger partial charge in [0.2, 0.25) is 17.7 Å². The number of urea groups is 1. The minimum Gasteiger partial charge on any atom is -0.475 e. The monoisotopic (exact) mass is 724 g/mol. The number of hydrogen-bond donors (Lipinski definition) is 4. The van der Waals surface area contributed by atoms with E-state index in [0.717, 1.165) is 43.9 Å². The van der Waals surface area contributed by atoms with Crippen LogP contribution in [0.2, 0.25) is 10.2 Å². The van der Waals surface area contributed by atoms with Gasteiger partial charge in [-0.2, -0.15) is 5.10 Å². The van der Waals surface area contributed by atoms with Gasteiger partial charge in [-0.3, -0.25) is 14.9 Å². The van der Waals surface area contributed by atoms with Crippen molar-refractivity contribution in [3.05, 3.63) is 64.3 Å². The van der Waals surface area contributed by atoms with Gasteiger partial charge in [-0.15, -0.1) is 0 Å². The number of carbonyl (C=O) groups is 3. The van der Waals surface area contributed by atoms with Crippen LogP contribution in [0.25, 0.3) is 5.65 Å². The first kappa shape index (κ1) is 35.3. The molecule has 264 valence electrons. The predicted octanol–water partition coefficient (Wildman–Crippen LogP) is 4.58. The minimum absolute atomic E-state index is 0.218. The number of carbonyl (C=O) groups excluding carboxylic acids is 3. The standard InChI is InChI=1S/C33H38Cl2N10O5/c1-19(49-2)30-25(18-38-28-15-26(35)43-45(28)30)41-33(48)40-24-14-22(34)17-39-32(24)50-12-9-36-16-20-6-10-44(11-7-20)27-13-21(5-8-37-27)23-3-4-29(46)42-31(23)47/h5,8,13-15,17-20,23,36H,3-4,6-7,9-12,16H2,1-2H3,(H2,40,41,48)(H,42,46,47)/t19-,23?/m0/s1. The van der Waals surface area contributed by atoms with E-state index in [1.165, 1.54) is 16.9 Å². The highest BCUT2D eigenvalue weighted by Gasteiger charge is 2.29. The molecule has 15 nitrogen and oxygen atoms in total. The second kappa shape index (κ2) is 16.0. The van der Waals surface area contributed by atoms with E-state index in [9.17, 15) is 14.4 Å². The summed E-state index contributed by atoms with van der Waals surface area (Å²) in [4.78, 5) is 52.4. The third-order valence-corrected chi connectivity index (χ3v) is 9.24. The summed E-state index contributed by atoms with van der Waals surface area (Å²) in [5.41, 5.74) is 2.65. The van der Waals surface area contributed by atoms with Gasteiger partial charge in [-0.05, 0) is 62.4 Å². The summed E-state index contributed by atoms with van der Waals surface area (Å²) < 4.78 is 13.0. The Morgan fingerprint density at radius 2 is 1.86 bits per heavy atom. The van der Waals surface area contributed by atoms with E-state index in [4.69, 9.17) is 32.7 Å². The van der Waals surface area contributed by atoms with E-state index in [-0.39, 0.29) is 28.8 Å². The van der Waals surface area contributed by atoms with Crippen molar-refractivity contribution in [3.63, 3.8) is 0 Å². The number of ether oxygens (including phenoxy) is 2. The summed E-state index contributed by atoms with van der Waals surface area (Å²) in [7, 11) is 1.55. The van der Waals surface area contributed by atoms with Crippen LogP contribution in [0.15, 0.2) is 42.9 Å². The molecule has 6 rings (SSSR count). The Hall–Kier alpha value is -4.57. The molecule has 1 unspecified atom stereocenters. The number of anilines is 3. The summed E-state index contributed by atoms with van der Waals surface area (Å²) in [6.45, 7) is 5.24. The zero-order chi connectivity index (χ0) is 35.2. The Balaban J connectivity index is 0.967. The molecule has 50 heavy (non-hydrogen) atoms. The first-order valence-electron chi connectivity index (χ1n) is 16.4. The molecular formula is C33H38Cl2N10O5. The number of aromatic nitrogens is 5. The number of halogens is 2. The molecule has 17 heteroatoms. The van der Waals surface area contributed by atoms with Gasteiger partial charge in [0, 0.05) is 51.6 Å². The number of methoxy groups -OCH3 is 1. The third kappa shape index (κ3) is 8.41. The largest absolute Gasteiger partial charge is 0.475 e. The summed E-state index contributed by atoms with van der Waals surface area (Å²) in [6, 6.07) is 6.44. The average Bonchev–Trinajstić information content (AvgIpc) is 3.49. The fourth-order valence-corrected chi connectivity index (χ4v) is 6.49. The van der Waals surface area contributed by atoms with E-state index in [2.05, 4.69) is 46.2 Å².